The lowest BCUT2D eigenvalue weighted by atomic mass is 10.3. The molecule has 1 nitrogen and oxygen atoms in total. The smallest absolute Gasteiger partial charge is 0.0552 e. The normalized spacial score (nSPS) is 11.9. The molecule has 0 saturated carbocycles. The van der Waals surface area contributed by atoms with Crippen LogP contribution in [0.25, 0.3) is 0 Å². The summed E-state index contributed by atoms with van der Waals surface area (Å²) in [4.78, 5) is 0. The Morgan fingerprint density at radius 3 is 2.75 bits per heavy atom. The van der Waals surface area contributed by atoms with Crippen LogP contribution in [0.5, 0.6) is 0 Å². The number of aliphatic hydroxyl groups excluding tert-OH is 1. The van der Waals surface area contributed by atoms with Crippen molar-refractivity contribution in [2.75, 3.05) is 0 Å². The highest BCUT2D eigenvalue weighted by Gasteiger charge is 1.85. The predicted octanol–water partition coefficient (Wildman–Crippen LogP) is 1.49. The molecule has 0 saturated heterocycles. The average Bonchev–Trinajstić information content (AvgIpc) is 1.66. The van der Waals surface area contributed by atoms with Crippen LogP contribution >= 0.6 is 0 Å². The maximum atomic E-state index is 8.69. The molecule has 0 aromatic heterocycles. The first-order valence-corrected chi connectivity index (χ1v) is 2.81. The molecule has 1 N–H and O–H groups in total. The molecule has 0 aliphatic carbocycles. The molecule has 0 aliphatic rings. The third-order valence-corrected chi connectivity index (χ3v) is 0.743. The Hall–Kier alpha value is -0.520. The zero-order chi connectivity index (χ0) is 6.41. The molecule has 0 aliphatic heterocycles. The zero-order valence-electron chi connectivity index (χ0n) is 5.39. The first kappa shape index (κ1) is 7.48. The standard InChI is InChI=1S/C7H12O/c1-3-4-5-6-7(2)8/h3,5,7-8H,6H2,1-2H3. The highest BCUT2D eigenvalue weighted by atomic mass is 16.3. The van der Waals surface area contributed by atoms with Crippen LogP contribution in [0.3, 0.4) is 0 Å². The van der Waals surface area contributed by atoms with Crippen LogP contribution in [0.2, 0.25) is 0 Å². The number of rotatable bonds is 2. The Bertz CT molecular complexity index is 97.0. The molecule has 46 valence electrons. The highest BCUT2D eigenvalue weighted by Crippen LogP contribution is 1.87. The van der Waals surface area contributed by atoms with Gasteiger partial charge in [-0.25, -0.2) is 0 Å². The number of hydrogen-bond acceptors (Lipinski definition) is 1. The van der Waals surface area contributed by atoms with Gasteiger partial charge >= 0.3 is 0 Å². The van der Waals surface area contributed by atoms with Crippen LogP contribution in [-0.2, 0) is 0 Å². The van der Waals surface area contributed by atoms with E-state index in [1.165, 1.54) is 0 Å². The van der Waals surface area contributed by atoms with Crippen LogP contribution in [0.1, 0.15) is 20.3 Å². The summed E-state index contributed by atoms with van der Waals surface area (Å²) >= 11 is 0. The Labute approximate surface area is 50.3 Å². The Morgan fingerprint density at radius 2 is 2.38 bits per heavy atom. The zero-order valence-corrected chi connectivity index (χ0v) is 5.39. The number of aliphatic hydroxyl groups is 1. The molecule has 0 radical (unpaired) electrons. The van der Waals surface area contributed by atoms with Crippen molar-refractivity contribution in [2.45, 2.75) is 26.4 Å². The van der Waals surface area contributed by atoms with Crippen molar-refractivity contribution in [2.24, 2.45) is 0 Å². The summed E-state index contributed by atoms with van der Waals surface area (Å²) in [6.45, 7) is 3.66. The van der Waals surface area contributed by atoms with E-state index in [0.29, 0.717) is 6.42 Å². The predicted molar refractivity (Wildman–Crippen MR) is 34.6 cm³/mol. The quantitative estimate of drug-likeness (QED) is 0.536. The summed E-state index contributed by atoms with van der Waals surface area (Å²) in [5, 5.41) is 8.69. The van der Waals surface area contributed by atoms with Crippen molar-refractivity contribution in [1.82, 2.24) is 0 Å². The molecular weight excluding hydrogens is 100 g/mol. The lowest BCUT2D eigenvalue weighted by Crippen LogP contribution is -1.94. The first-order chi connectivity index (χ1) is 3.77. The van der Waals surface area contributed by atoms with Gasteiger partial charge in [0.2, 0.25) is 0 Å². The van der Waals surface area contributed by atoms with Gasteiger partial charge in [-0.2, -0.15) is 0 Å². The number of hydrogen-bond donors (Lipinski definition) is 1. The fraction of sp³-hybridized carbons (Fsp3) is 0.571. The van der Waals surface area contributed by atoms with Gasteiger partial charge in [0.25, 0.3) is 0 Å². The van der Waals surface area contributed by atoms with E-state index in [9.17, 15) is 0 Å². The molecule has 8 heavy (non-hydrogen) atoms. The first-order valence-electron chi connectivity index (χ1n) is 2.81. The molecule has 0 amide bonds. The molecular formula is C7H12O. The topological polar surface area (TPSA) is 20.2 Å². The molecule has 0 rings (SSSR count). The fourth-order valence-electron chi connectivity index (χ4n) is 0.356. The van der Waals surface area contributed by atoms with E-state index in [4.69, 9.17) is 5.11 Å². The van der Waals surface area contributed by atoms with E-state index >= 15 is 0 Å². The van der Waals surface area contributed by atoms with E-state index in [1.807, 2.05) is 19.1 Å². The van der Waals surface area contributed by atoms with Crippen LogP contribution in [0.15, 0.2) is 17.9 Å². The Balaban J connectivity index is 3.30. The highest BCUT2D eigenvalue weighted by molar-refractivity contribution is 4.82. The molecule has 0 aromatic carbocycles. The van der Waals surface area contributed by atoms with Crippen molar-refractivity contribution in [1.29, 1.82) is 0 Å². The maximum Gasteiger partial charge on any atom is 0.0552 e. The minimum atomic E-state index is -0.234. The molecule has 1 atom stereocenters. The monoisotopic (exact) mass is 112 g/mol. The van der Waals surface area contributed by atoms with Gasteiger partial charge in [-0.3, -0.25) is 0 Å². The summed E-state index contributed by atoms with van der Waals surface area (Å²) in [5.74, 6) is 0. The minimum Gasteiger partial charge on any atom is -0.393 e. The van der Waals surface area contributed by atoms with Gasteiger partial charge in [0.1, 0.15) is 0 Å². The minimum absolute atomic E-state index is 0.234. The van der Waals surface area contributed by atoms with Gasteiger partial charge in [-0.1, -0.05) is 0 Å². The lowest BCUT2D eigenvalue weighted by Gasteiger charge is -1.92. The maximum absolute atomic E-state index is 8.69. The van der Waals surface area contributed by atoms with Gasteiger partial charge in [0.15, 0.2) is 0 Å². The molecule has 0 bridgehead atoms. The van der Waals surface area contributed by atoms with Crippen molar-refractivity contribution in [3.63, 3.8) is 0 Å². The average molecular weight is 112 g/mol. The van der Waals surface area contributed by atoms with Gasteiger partial charge in [0.05, 0.1) is 6.10 Å². The second-order valence-corrected chi connectivity index (χ2v) is 1.74. The molecule has 0 spiro atoms. The molecule has 0 fully saturated rings. The van der Waals surface area contributed by atoms with Crippen molar-refractivity contribution in [3.8, 4) is 0 Å². The lowest BCUT2D eigenvalue weighted by molar-refractivity contribution is 0.198. The molecule has 1 unspecified atom stereocenters. The van der Waals surface area contributed by atoms with Crippen molar-refractivity contribution in [3.05, 3.63) is 17.9 Å². The largest absolute Gasteiger partial charge is 0.393 e. The fourth-order valence-corrected chi connectivity index (χ4v) is 0.356. The summed E-state index contributed by atoms with van der Waals surface area (Å²) < 4.78 is 0. The summed E-state index contributed by atoms with van der Waals surface area (Å²) in [6.07, 6.45) is 4.11. The van der Waals surface area contributed by atoms with Crippen LogP contribution in [-0.4, -0.2) is 11.2 Å². The Kier molecular flexibility index (Phi) is 4.33. The Morgan fingerprint density at radius 1 is 1.75 bits per heavy atom. The van der Waals surface area contributed by atoms with Crippen molar-refractivity contribution < 1.29 is 5.11 Å². The molecule has 0 aromatic rings. The van der Waals surface area contributed by atoms with Gasteiger partial charge in [0, 0.05) is 0 Å². The summed E-state index contributed by atoms with van der Waals surface area (Å²) in [6, 6.07) is 0. The van der Waals surface area contributed by atoms with E-state index in [1.54, 1.807) is 6.92 Å². The summed E-state index contributed by atoms with van der Waals surface area (Å²) in [5.41, 5.74) is 2.87. The van der Waals surface area contributed by atoms with Gasteiger partial charge in [-0.15, -0.1) is 5.73 Å². The summed E-state index contributed by atoms with van der Waals surface area (Å²) in [7, 11) is 0. The van der Waals surface area contributed by atoms with E-state index in [2.05, 4.69) is 5.73 Å². The second-order valence-electron chi connectivity index (χ2n) is 1.74. The van der Waals surface area contributed by atoms with Gasteiger partial charge < -0.3 is 5.11 Å². The third-order valence-electron chi connectivity index (χ3n) is 0.743. The van der Waals surface area contributed by atoms with E-state index in [-0.39, 0.29) is 6.10 Å². The van der Waals surface area contributed by atoms with Crippen LogP contribution < -0.4 is 0 Å². The van der Waals surface area contributed by atoms with Crippen molar-refractivity contribution >= 4 is 0 Å². The second kappa shape index (κ2) is 4.63. The SMILES string of the molecule is CC=C=CCC(C)O. The van der Waals surface area contributed by atoms with E-state index < -0.39 is 0 Å². The van der Waals surface area contributed by atoms with Crippen LogP contribution in [0, 0.1) is 0 Å². The van der Waals surface area contributed by atoms with Gasteiger partial charge in [-0.05, 0) is 32.4 Å². The molecule has 0 heterocycles. The third kappa shape index (κ3) is 5.48. The molecule has 1 heteroatoms. The van der Waals surface area contributed by atoms with Crippen LogP contribution in [0.4, 0.5) is 0 Å². The van der Waals surface area contributed by atoms with E-state index in [0.717, 1.165) is 0 Å².